The van der Waals surface area contributed by atoms with Crippen molar-refractivity contribution in [2.45, 2.75) is 27.2 Å². The molecule has 0 fully saturated rings. The van der Waals surface area contributed by atoms with Crippen molar-refractivity contribution in [1.82, 2.24) is 5.16 Å². The van der Waals surface area contributed by atoms with Crippen LogP contribution in [-0.4, -0.2) is 11.1 Å². The molecule has 0 unspecified atom stereocenters. The molecular weight excluding hydrogens is 156 g/mol. The van der Waals surface area contributed by atoms with Crippen molar-refractivity contribution in [3.63, 3.8) is 0 Å². The molecule has 1 N–H and O–H groups in total. The second-order valence-corrected chi connectivity index (χ2v) is 2.60. The summed E-state index contributed by atoms with van der Waals surface area (Å²) < 4.78 is 4.98. The van der Waals surface area contributed by atoms with Crippen molar-refractivity contribution in [3.8, 4) is 0 Å². The van der Waals surface area contributed by atoms with Gasteiger partial charge in [0.05, 0.1) is 0 Å². The lowest BCUT2D eigenvalue weighted by molar-refractivity contribution is -0.114. The third-order valence-electron chi connectivity index (χ3n) is 1.56. The Labute approximate surface area is 70.9 Å². The van der Waals surface area contributed by atoms with Gasteiger partial charge in [0.25, 0.3) is 0 Å². The quantitative estimate of drug-likeness (QED) is 0.728. The van der Waals surface area contributed by atoms with Gasteiger partial charge in [0, 0.05) is 13.3 Å². The second kappa shape index (κ2) is 3.38. The fraction of sp³-hybridized carbons (Fsp3) is 0.500. The van der Waals surface area contributed by atoms with E-state index in [-0.39, 0.29) is 5.91 Å². The number of rotatable bonds is 2. The van der Waals surface area contributed by atoms with Crippen LogP contribution in [0.4, 0.5) is 5.69 Å². The van der Waals surface area contributed by atoms with Gasteiger partial charge in [-0.15, -0.1) is 0 Å². The third kappa shape index (κ3) is 1.64. The molecule has 12 heavy (non-hydrogen) atoms. The van der Waals surface area contributed by atoms with Crippen LogP contribution in [0.3, 0.4) is 0 Å². The maximum Gasteiger partial charge on any atom is 0.221 e. The lowest BCUT2D eigenvalue weighted by Crippen LogP contribution is -2.07. The first-order valence-electron chi connectivity index (χ1n) is 3.88. The van der Waals surface area contributed by atoms with Gasteiger partial charge < -0.3 is 9.84 Å². The summed E-state index contributed by atoms with van der Waals surface area (Å²) in [6, 6.07) is 0. The number of hydrogen-bond donors (Lipinski definition) is 1. The first-order chi connectivity index (χ1) is 5.65. The Morgan fingerprint density at radius 2 is 2.33 bits per heavy atom. The van der Waals surface area contributed by atoms with Crippen LogP contribution >= 0.6 is 0 Å². The van der Waals surface area contributed by atoms with E-state index >= 15 is 0 Å². The fourth-order valence-electron chi connectivity index (χ4n) is 0.994. The third-order valence-corrected chi connectivity index (χ3v) is 1.56. The molecule has 1 rings (SSSR count). The molecule has 0 saturated carbocycles. The number of hydrogen-bond acceptors (Lipinski definition) is 3. The van der Waals surface area contributed by atoms with Crippen LogP contribution < -0.4 is 5.32 Å². The molecule has 1 aromatic rings. The van der Waals surface area contributed by atoms with E-state index in [0.29, 0.717) is 5.69 Å². The van der Waals surface area contributed by atoms with Crippen molar-refractivity contribution in [3.05, 3.63) is 11.5 Å². The molecule has 0 radical (unpaired) electrons. The first-order valence-corrected chi connectivity index (χ1v) is 3.88. The number of nitrogens with zero attached hydrogens (tertiary/aromatic N) is 1. The van der Waals surface area contributed by atoms with E-state index in [9.17, 15) is 4.79 Å². The Balaban J connectivity index is 2.94. The van der Waals surface area contributed by atoms with Crippen LogP contribution in [0.5, 0.6) is 0 Å². The Hall–Kier alpha value is -1.32. The monoisotopic (exact) mass is 168 g/mol. The van der Waals surface area contributed by atoms with Gasteiger partial charge in [-0.2, -0.15) is 0 Å². The van der Waals surface area contributed by atoms with Gasteiger partial charge in [-0.3, -0.25) is 4.79 Å². The smallest absolute Gasteiger partial charge is 0.221 e. The molecule has 4 heteroatoms. The minimum Gasteiger partial charge on any atom is -0.359 e. The van der Waals surface area contributed by atoms with Gasteiger partial charge in [0.15, 0.2) is 5.76 Å². The normalized spacial score (nSPS) is 9.92. The number of amides is 1. The molecule has 0 aromatic carbocycles. The van der Waals surface area contributed by atoms with E-state index < -0.39 is 0 Å². The molecule has 0 spiro atoms. The molecule has 0 aliphatic carbocycles. The lowest BCUT2D eigenvalue weighted by Gasteiger charge is -1.99. The highest BCUT2D eigenvalue weighted by molar-refractivity contribution is 5.89. The molecule has 66 valence electrons. The van der Waals surface area contributed by atoms with Crippen molar-refractivity contribution >= 4 is 11.6 Å². The number of anilines is 1. The van der Waals surface area contributed by atoms with Gasteiger partial charge in [-0.05, 0) is 6.92 Å². The summed E-state index contributed by atoms with van der Waals surface area (Å²) in [5.74, 6) is 0.624. The number of carbonyl (C=O) groups excluding carboxylic acids is 1. The zero-order valence-electron chi connectivity index (χ0n) is 7.47. The predicted octanol–water partition coefficient (Wildman–Crippen LogP) is 1.50. The molecule has 0 aliphatic heterocycles. The van der Waals surface area contributed by atoms with Crippen molar-refractivity contribution in [2.75, 3.05) is 5.32 Å². The van der Waals surface area contributed by atoms with Gasteiger partial charge in [0.2, 0.25) is 5.91 Å². The molecular formula is C8H12N2O2. The molecule has 1 heterocycles. The maximum absolute atomic E-state index is 10.8. The Kier molecular flexibility index (Phi) is 2.47. The Morgan fingerprint density at radius 3 is 2.83 bits per heavy atom. The zero-order chi connectivity index (χ0) is 9.14. The highest BCUT2D eigenvalue weighted by Gasteiger charge is 2.11. The van der Waals surface area contributed by atoms with E-state index in [4.69, 9.17) is 4.52 Å². The largest absolute Gasteiger partial charge is 0.359 e. The van der Waals surface area contributed by atoms with E-state index in [2.05, 4.69) is 10.5 Å². The molecule has 1 aromatic heterocycles. The van der Waals surface area contributed by atoms with Gasteiger partial charge in [-0.1, -0.05) is 12.1 Å². The van der Waals surface area contributed by atoms with E-state index in [1.54, 1.807) is 6.92 Å². The zero-order valence-corrected chi connectivity index (χ0v) is 7.47. The summed E-state index contributed by atoms with van der Waals surface area (Å²) in [6.45, 7) is 5.21. The number of carbonyl (C=O) groups is 1. The van der Waals surface area contributed by atoms with Crippen molar-refractivity contribution in [2.24, 2.45) is 0 Å². The van der Waals surface area contributed by atoms with Gasteiger partial charge in [0.1, 0.15) is 11.4 Å². The summed E-state index contributed by atoms with van der Waals surface area (Å²) in [7, 11) is 0. The van der Waals surface area contributed by atoms with E-state index in [1.807, 2.05) is 6.92 Å². The Morgan fingerprint density at radius 1 is 1.67 bits per heavy atom. The van der Waals surface area contributed by atoms with E-state index in [1.165, 1.54) is 6.92 Å². The number of nitrogens with one attached hydrogen (secondary N) is 1. The van der Waals surface area contributed by atoms with Gasteiger partial charge >= 0.3 is 0 Å². The number of aromatic nitrogens is 1. The highest BCUT2D eigenvalue weighted by atomic mass is 16.5. The summed E-state index contributed by atoms with van der Waals surface area (Å²) in [5, 5.41) is 6.43. The topological polar surface area (TPSA) is 55.1 Å². The highest BCUT2D eigenvalue weighted by Crippen LogP contribution is 2.19. The minimum atomic E-state index is -0.101. The Bertz CT molecular complexity index is 291. The molecule has 0 saturated heterocycles. The summed E-state index contributed by atoms with van der Waals surface area (Å²) >= 11 is 0. The van der Waals surface area contributed by atoms with Crippen LogP contribution in [0.15, 0.2) is 4.52 Å². The predicted molar refractivity (Wildman–Crippen MR) is 44.9 cm³/mol. The minimum absolute atomic E-state index is 0.101. The second-order valence-electron chi connectivity index (χ2n) is 2.60. The van der Waals surface area contributed by atoms with E-state index in [0.717, 1.165) is 17.9 Å². The number of aryl methyl sites for hydroxylation is 2. The van der Waals surface area contributed by atoms with Gasteiger partial charge in [-0.25, -0.2) is 0 Å². The summed E-state index contributed by atoms with van der Waals surface area (Å²) in [5.41, 5.74) is 1.44. The van der Waals surface area contributed by atoms with Crippen LogP contribution in [-0.2, 0) is 11.2 Å². The van der Waals surface area contributed by atoms with Crippen LogP contribution in [0.1, 0.15) is 25.3 Å². The van der Waals surface area contributed by atoms with Crippen LogP contribution in [0.25, 0.3) is 0 Å². The molecule has 4 nitrogen and oxygen atoms in total. The standard InChI is InChI=1S/C8H12N2O2/c1-4-7-8(9-6(3)11)5(2)10-12-7/h4H2,1-3H3,(H,9,11). The average Bonchev–Trinajstić information content (AvgIpc) is 2.32. The first kappa shape index (κ1) is 8.77. The summed E-state index contributed by atoms with van der Waals surface area (Å²) in [4.78, 5) is 10.8. The fourth-order valence-corrected chi connectivity index (χ4v) is 0.994. The average molecular weight is 168 g/mol. The lowest BCUT2D eigenvalue weighted by atomic mass is 10.2. The van der Waals surface area contributed by atoms with Crippen LogP contribution in [0, 0.1) is 6.92 Å². The SMILES string of the molecule is CCc1onc(C)c1NC(C)=O. The van der Waals surface area contributed by atoms with Crippen molar-refractivity contribution < 1.29 is 9.32 Å². The maximum atomic E-state index is 10.8. The summed E-state index contributed by atoms with van der Waals surface area (Å²) in [6.07, 6.45) is 0.733. The van der Waals surface area contributed by atoms with Crippen molar-refractivity contribution in [1.29, 1.82) is 0 Å². The molecule has 0 bridgehead atoms. The molecule has 0 atom stereocenters. The molecule has 1 amide bonds. The molecule has 0 aliphatic rings. The van der Waals surface area contributed by atoms with Crippen LogP contribution in [0.2, 0.25) is 0 Å².